The van der Waals surface area contributed by atoms with Crippen LogP contribution >= 0.6 is 0 Å². The molecule has 0 aromatic carbocycles. The average molecular weight is 252 g/mol. The second-order valence-electron chi connectivity index (χ2n) is 6.69. The van der Waals surface area contributed by atoms with Crippen molar-refractivity contribution in [2.24, 2.45) is 0 Å². The summed E-state index contributed by atoms with van der Waals surface area (Å²) in [6.45, 7) is 20.1. The third-order valence-corrected chi connectivity index (χ3v) is 8.90. The van der Waals surface area contributed by atoms with Crippen molar-refractivity contribution < 1.29 is 4.43 Å². The Labute approximate surface area is 108 Å². The van der Waals surface area contributed by atoms with E-state index in [2.05, 4.69) is 54.3 Å². The van der Waals surface area contributed by atoms with Gasteiger partial charge >= 0.3 is 0 Å². The van der Waals surface area contributed by atoms with Crippen molar-refractivity contribution in [2.45, 2.75) is 71.7 Å². The van der Waals surface area contributed by atoms with Crippen LogP contribution in [-0.4, -0.2) is 14.4 Å². The van der Waals surface area contributed by atoms with Crippen LogP contribution in [0, 0.1) is 0 Å². The highest BCUT2D eigenvalue weighted by atomic mass is 28.4. The quantitative estimate of drug-likeness (QED) is 0.638. The van der Waals surface area contributed by atoms with Crippen LogP contribution in [0.1, 0.15) is 47.5 Å². The van der Waals surface area contributed by atoms with Crippen molar-refractivity contribution in [2.75, 3.05) is 0 Å². The first kappa shape index (κ1) is 14.7. The molecule has 1 aliphatic carbocycles. The molecule has 0 aromatic rings. The molecule has 0 amide bonds. The minimum absolute atomic E-state index is 0.281. The molecule has 0 spiro atoms. The Hall–Kier alpha value is -0.343. The van der Waals surface area contributed by atoms with E-state index >= 15 is 0 Å². The lowest BCUT2D eigenvalue weighted by Crippen LogP contribution is -2.43. The lowest BCUT2D eigenvalue weighted by molar-refractivity contribution is 0.221. The van der Waals surface area contributed by atoms with Crippen molar-refractivity contribution in [3.63, 3.8) is 0 Å². The molecule has 1 nitrogen and oxygen atoms in total. The molecule has 1 aliphatic rings. The molecular formula is C15H28OSi. The van der Waals surface area contributed by atoms with Gasteiger partial charge in [-0.05, 0) is 48.2 Å². The van der Waals surface area contributed by atoms with E-state index in [0.717, 1.165) is 12.8 Å². The van der Waals surface area contributed by atoms with Crippen LogP contribution in [0.5, 0.6) is 0 Å². The second-order valence-corrected chi connectivity index (χ2v) is 11.4. The molecule has 1 rings (SSSR count). The number of hydrogen-bond acceptors (Lipinski definition) is 1. The zero-order valence-corrected chi connectivity index (χ0v) is 13.6. The molecule has 0 bridgehead atoms. The van der Waals surface area contributed by atoms with Crippen molar-refractivity contribution in [3.05, 3.63) is 23.3 Å². The maximum absolute atomic E-state index is 6.50. The molecule has 2 heteroatoms. The van der Waals surface area contributed by atoms with Crippen LogP contribution in [0.25, 0.3) is 0 Å². The fraction of sp³-hybridized carbons (Fsp3) is 0.733. The van der Waals surface area contributed by atoms with Gasteiger partial charge in [-0.25, -0.2) is 0 Å². The van der Waals surface area contributed by atoms with Gasteiger partial charge in [-0.2, -0.15) is 0 Å². The molecule has 0 aliphatic heterocycles. The molecule has 0 N–H and O–H groups in total. The monoisotopic (exact) mass is 252 g/mol. The fourth-order valence-corrected chi connectivity index (χ4v) is 3.49. The topological polar surface area (TPSA) is 9.23 Å². The molecule has 0 aromatic heterocycles. The Morgan fingerprint density at radius 1 is 1.35 bits per heavy atom. The molecule has 0 unspecified atom stereocenters. The Bertz CT molecular complexity index is 344. The molecule has 1 atom stereocenters. The third kappa shape index (κ3) is 2.91. The molecular weight excluding hydrogens is 224 g/mol. The van der Waals surface area contributed by atoms with E-state index in [1.165, 1.54) is 16.7 Å². The zero-order valence-electron chi connectivity index (χ0n) is 12.6. The first-order valence-corrected chi connectivity index (χ1v) is 9.56. The Morgan fingerprint density at radius 3 is 2.24 bits per heavy atom. The minimum atomic E-state index is -1.66. The Kier molecular flexibility index (Phi) is 4.10. The standard InChI is InChI=1S/C15H28OSi/c1-9-13-11(2)10-14(12(13)3)16-17(7,8)15(4,5)6/h14H,2,9-10H2,1,3-8H3/t14-/m0/s1. The molecule has 0 heterocycles. The van der Waals surface area contributed by atoms with E-state index in [0.29, 0.717) is 6.10 Å². The van der Waals surface area contributed by atoms with Crippen LogP contribution in [0.4, 0.5) is 0 Å². The fourth-order valence-electron chi connectivity index (χ4n) is 2.16. The maximum Gasteiger partial charge on any atom is 0.192 e. The van der Waals surface area contributed by atoms with Gasteiger partial charge in [0.05, 0.1) is 6.10 Å². The number of allylic oxidation sites excluding steroid dienone is 1. The van der Waals surface area contributed by atoms with Crippen molar-refractivity contribution in [3.8, 4) is 0 Å². The van der Waals surface area contributed by atoms with E-state index in [-0.39, 0.29) is 5.04 Å². The van der Waals surface area contributed by atoms with Gasteiger partial charge < -0.3 is 4.43 Å². The Balaban J connectivity index is 2.86. The number of rotatable bonds is 3. The van der Waals surface area contributed by atoms with E-state index in [4.69, 9.17) is 4.43 Å². The number of hydrogen-bond donors (Lipinski definition) is 0. The SMILES string of the molecule is C=C1C[C@H](O[Si](C)(C)C(C)(C)C)C(C)=C1CC. The summed E-state index contributed by atoms with van der Waals surface area (Å²) in [5.74, 6) is 0. The lowest BCUT2D eigenvalue weighted by Gasteiger charge is -2.38. The average Bonchev–Trinajstić information content (AvgIpc) is 2.39. The smallest absolute Gasteiger partial charge is 0.192 e. The van der Waals surface area contributed by atoms with Gasteiger partial charge in [-0.1, -0.05) is 34.3 Å². The van der Waals surface area contributed by atoms with Crippen LogP contribution in [-0.2, 0) is 4.43 Å². The highest BCUT2D eigenvalue weighted by Gasteiger charge is 2.40. The van der Waals surface area contributed by atoms with E-state index in [9.17, 15) is 0 Å². The van der Waals surface area contributed by atoms with E-state index in [1.807, 2.05) is 0 Å². The largest absolute Gasteiger partial charge is 0.410 e. The first-order chi connectivity index (χ1) is 7.60. The van der Waals surface area contributed by atoms with Crippen LogP contribution in [0.2, 0.25) is 18.1 Å². The van der Waals surface area contributed by atoms with Crippen LogP contribution in [0.15, 0.2) is 23.3 Å². The highest BCUT2D eigenvalue weighted by Crippen LogP contribution is 2.42. The molecule has 0 radical (unpaired) electrons. The molecule has 0 saturated heterocycles. The van der Waals surface area contributed by atoms with Gasteiger partial charge in [0.15, 0.2) is 8.32 Å². The van der Waals surface area contributed by atoms with Crippen molar-refractivity contribution >= 4 is 8.32 Å². The maximum atomic E-state index is 6.50. The van der Waals surface area contributed by atoms with Gasteiger partial charge in [0.2, 0.25) is 0 Å². The first-order valence-electron chi connectivity index (χ1n) is 6.65. The van der Waals surface area contributed by atoms with Gasteiger partial charge in [0.25, 0.3) is 0 Å². The predicted octanol–water partition coefficient (Wildman–Crippen LogP) is 5.06. The summed E-state index contributed by atoms with van der Waals surface area (Å²) in [6, 6.07) is 0. The minimum Gasteiger partial charge on any atom is -0.410 e. The molecule has 0 saturated carbocycles. The Morgan fingerprint density at radius 2 is 1.88 bits per heavy atom. The highest BCUT2D eigenvalue weighted by molar-refractivity contribution is 6.74. The molecule has 0 fully saturated rings. The van der Waals surface area contributed by atoms with Crippen molar-refractivity contribution in [1.82, 2.24) is 0 Å². The summed E-state index contributed by atoms with van der Waals surface area (Å²) < 4.78 is 6.50. The zero-order chi connectivity index (χ0) is 13.4. The lowest BCUT2D eigenvalue weighted by atomic mass is 10.1. The van der Waals surface area contributed by atoms with E-state index < -0.39 is 8.32 Å². The molecule has 98 valence electrons. The predicted molar refractivity (Wildman–Crippen MR) is 78.8 cm³/mol. The summed E-state index contributed by atoms with van der Waals surface area (Å²) in [6.07, 6.45) is 2.38. The summed E-state index contributed by atoms with van der Waals surface area (Å²) >= 11 is 0. The van der Waals surface area contributed by atoms with Gasteiger partial charge in [0, 0.05) is 6.42 Å². The van der Waals surface area contributed by atoms with Crippen LogP contribution in [0.3, 0.4) is 0 Å². The summed E-state index contributed by atoms with van der Waals surface area (Å²) in [7, 11) is -1.66. The van der Waals surface area contributed by atoms with Crippen molar-refractivity contribution in [1.29, 1.82) is 0 Å². The molecule has 17 heavy (non-hydrogen) atoms. The van der Waals surface area contributed by atoms with Gasteiger partial charge in [-0.15, -0.1) is 0 Å². The van der Waals surface area contributed by atoms with Crippen LogP contribution < -0.4 is 0 Å². The van der Waals surface area contributed by atoms with E-state index in [1.54, 1.807) is 0 Å². The van der Waals surface area contributed by atoms with Gasteiger partial charge in [-0.3, -0.25) is 0 Å². The summed E-state index contributed by atoms with van der Waals surface area (Å²) in [5.41, 5.74) is 4.14. The van der Waals surface area contributed by atoms with Gasteiger partial charge in [0.1, 0.15) is 0 Å². The third-order valence-electron chi connectivity index (χ3n) is 4.41. The second kappa shape index (κ2) is 4.73. The summed E-state index contributed by atoms with van der Waals surface area (Å²) in [5, 5.41) is 0.281. The summed E-state index contributed by atoms with van der Waals surface area (Å²) in [4.78, 5) is 0. The normalized spacial score (nSPS) is 22.5.